The predicted octanol–water partition coefficient (Wildman–Crippen LogP) is 3.44. The zero-order valence-corrected chi connectivity index (χ0v) is 17.0. The number of rotatable bonds is 10. The van der Waals surface area contributed by atoms with Gasteiger partial charge in [0.05, 0.1) is 31.6 Å². The summed E-state index contributed by atoms with van der Waals surface area (Å²) >= 11 is 0. The molecule has 2 heterocycles. The number of para-hydroxylation sites is 2. The lowest BCUT2D eigenvalue weighted by atomic mass is 10.3. The van der Waals surface area contributed by atoms with Gasteiger partial charge in [-0.3, -0.25) is 4.68 Å². The molecule has 1 aromatic carbocycles. The molecule has 0 radical (unpaired) electrons. The zero-order chi connectivity index (χ0) is 21.2. The molecule has 2 amide bonds. The van der Waals surface area contributed by atoms with Crippen LogP contribution in [0.15, 0.2) is 55.0 Å². The molecule has 2 N–H and O–H groups in total. The first kappa shape index (κ1) is 21.1. The van der Waals surface area contributed by atoms with Crippen molar-refractivity contribution < 1.29 is 19.0 Å². The van der Waals surface area contributed by atoms with Crippen LogP contribution in [0.3, 0.4) is 0 Å². The molecule has 3 rings (SSSR count). The Labute approximate surface area is 175 Å². The number of amides is 2. The van der Waals surface area contributed by atoms with Gasteiger partial charge >= 0.3 is 6.03 Å². The lowest BCUT2D eigenvalue weighted by Gasteiger charge is -2.11. The molecular weight excluding hydrogens is 386 g/mol. The molecule has 9 heteroatoms. The minimum Gasteiger partial charge on any atom is -0.490 e. The topological polar surface area (TPSA) is 99.5 Å². The maximum absolute atomic E-state index is 12.1. The monoisotopic (exact) mass is 411 g/mol. The third kappa shape index (κ3) is 6.21. The maximum atomic E-state index is 12.1. The van der Waals surface area contributed by atoms with Gasteiger partial charge in [-0.15, -0.1) is 0 Å². The van der Waals surface area contributed by atoms with Crippen LogP contribution in [-0.2, 0) is 17.8 Å². The predicted molar refractivity (Wildman–Crippen MR) is 112 cm³/mol. The van der Waals surface area contributed by atoms with E-state index in [4.69, 9.17) is 14.2 Å². The fourth-order valence-corrected chi connectivity index (χ4v) is 2.59. The number of hydrogen-bond acceptors (Lipinski definition) is 6. The van der Waals surface area contributed by atoms with Crippen molar-refractivity contribution in [2.75, 3.05) is 25.6 Å². The van der Waals surface area contributed by atoms with Crippen molar-refractivity contribution in [3.63, 3.8) is 0 Å². The second kappa shape index (κ2) is 10.8. The van der Waals surface area contributed by atoms with Crippen LogP contribution in [0.25, 0.3) is 0 Å². The molecule has 0 aliphatic carbocycles. The first-order valence-electron chi connectivity index (χ1n) is 9.58. The van der Waals surface area contributed by atoms with Gasteiger partial charge in [0.25, 0.3) is 0 Å². The maximum Gasteiger partial charge on any atom is 0.319 e. The van der Waals surface area contributed by atoms with Gasteiger partial charge in [-0.05, 0) is 24.6 Å². The molecule has 0 spiro atoms. The fraction of sp³-hybridized carbons (Fsp3) is 0.286. The van der Waals surface area contributed by atoms with E-state index in [-0.39, 0.29) is 6.03 Å². The van der Waals surface area contributed by atoms with Crippen LogP contribution in [0.2, 0.25) is 0 Å². The Hall–Kier alpha value is -3.59. The van der Waals surface area contributed by atoms with Crippen LogP contribution in [0.1, 0.15) is 12.5 Å². The summed E-state index contributed by atoms with van der Waals surface area (Å²) in [6.07, 6.45) is 4.98. The van der Waals surface area contributed by atoms with Gasteiger partial charge in [0, 0.05) is 32.1 Å². The van der Waals surface area contributed by atoms with E-state index in [0.29, 0.717) is 49.4 Å². The summed E-state index contributed by atoms with van der Waals surface area (Å²) in [7, 11) is 1.63. The number of methoxy groups -OCH3 is 1. The van der Waals surface area contributed by atoms with Crippen LogP contribution >= 0.6 is 0 Å². The number of carbonyl (C=O) groups is 1. The van der Waals surface area contributed by atoms with Crippen LogP contribution < -0.4 is 20.1 Å². The van der Waals surface area contributed by atoms with Crippen LogP contribution in [0, 0.1) is 0 Å². The summed E-state index contributed by atoms with van der Waals surface area (Å²) in [6, 6.07) is 10.7. The molecule has 0 saturated heterocycles. The minimum absolute atomic E-state index is 0.326. The third-order valence-corrected chi connectivity index (χ3v) is 4.03. The SMILES string of the molecule is CCOc1ccccc1Oc1ccc(CNC(=O)Nc2cnn(CCOC)c2)cn1. The standard InChI is InChI=1S/C21H25N5O4/c1-3-29-18-6-4-5-7-19(18)30-20-9-8-16(12-22-20)13-23-21(27)25-17-14-24-26(15-17)10-11-28-2/h4-9,12,14-15H,3,10-11,13H2,1-2H3,(H2,23,25,27). The van der Waals surface area contributed by atoms with Crippen molar-refractivity contribution in [3.05, 3.63) is 60.6 Å². The van der Waals surface area contributed by atoms with Crippen LogP contribution in [-0.4, -0.2) is 41.1 Å². The Morgan fingerprint density at radius 1 is 1.13 bits per heavy atom. The molecule has 158 valence electrons. The number of urea groups is 1. The molecule has 0 unspecified atom stereocenters. The first-order chi connectivity index (χ1) is 14.7. The third-order valence-electron chi connectivity index (χ3n) is 4.03. The van der Waals surface area contributed by atoms with Gasteiger partial charge < -0.3 is 24.8 Å². The Kier molecular flexibility index (Phi) is 7.62. The van der Waals surface area contributed by atoms with Crippen molar-refractivity contribution in [2.45, 2.75) is 20.0 Å². The number of ether oxygens (including phenoxy) is 3. The summed E-state index contributed by atoms with van der Waals surface area (Å²) < 4.78 is 18.0. The lowest BCUT2D eigenvalue weighted by molar-refractivity contribution is 0.183. The molecule has 0 aliphatic heterocycles. The Bertz CT molecular complexity index is 943. The van der Waals surface area contributed by atoms with E-state index in [9.17, 15) is 4.79 Å². The number of aromatic nitrogens is 3. The highest BCUT2D eigenvalue weighted by molar-refractivity contribution is 5.88. The summed E-state index contributed by atoms with van der Waals surface area (Å²) in [6.45, 7) is 3.97. The Morgan fingerprint density at radius 3 is 2.70 bits per heavy atom. The fourth-order valence-electron chi connectivity index (χ4n) is 2.59. The highest BCUT2D eigenvalue weighted by Crippen LogP contribution is 2.30. The quantitative estimate of drug-likeness (QED) is 0.530. The summed E-state index contributed by atoms with van der Waals surface area (Å²) in [4.78, 5) is 16.4. The normalized spacial score (nSPS) is 10.5. The summed E-state index contributed by atoms with van der Waals surface area (Å²) in [5.41, 5.74) is 1.45. The van der Waals surface area contributed by atoms with Crippen LogP contribution in [0.4, 0.5) is 10.5 Å². The molecule has 2 aromatic heterocycles. The molecule has 0 aliphatic rings. The van der Waals surface area contributed by atoms with Gasteiger partial charge in [0.1, 0.15) is 0 Å². The van der Waals surface area contributed by atoms with Gasteiger partial charge in [-0.25, -0.2) is 9.78 Å². The highest BCUT2D eigenvalue weighted by atomic mass is 16.5. The van der Waals surface area contributed by atoms with Crippen LogP contribution in [0.5, 0.6) is 17.4 Å². The van der Waals surface area contributed by atoms with E-state index in [1.54, 1.807) is 36.4 Å². The molecule has 0 saturated carbocycles. The number of benzene rings is 1. The molecule has 0 atom stereocenters. The molecule has 30 heavy (non-hydrogen) atoms. The molecule has 9 nitrogen and oxygen atoms in total. The highest BCUT2D eigenvalue weighted by Gasteiger charge is 2.07. The molecule has 0 bridgehead atoms. The van der Waals surface area contributed by atoms with Gasteiger partial charge in [-0.2, -0.15) is 5.10 Å². The number of hydrogen-bond donors (Lipinski definition) is 2. The van der Waals surface area contributed by atoms with E-state index in [0.717, 1.165) is 5.56 Å². The van der Waals surface area contributed by atoms with Gasteiger partial charge in [0.15, 0.2) is 11.5 Å². The van der Waals surface area contributed by atoms with E-state index in [1.165, 1.54) is 0 Å². The van der Waals surface area contributed by atoms with E-state index < -0.39 is 0 Å². The number of nitrogens with one attached hydrogen (secondary N) is 2. The van der Waals surface area contributed by atoms with E-state index in [1.807, 2.05) is 37.3 Å². The zero-order valence-electron chi connectivity index (χ0n) is 17.0. The Balaban J connectivity index is 1.48. The minimum atomic E-state index is -0.327. The summed E-state index contributed by atoms with van der Waals surface area (Å²) in [5, 5.41) is 9.67. The lowest BCUT2D eigenvalue weighted by Crippen LogP contribution is -2.28. The van der Waals surface area contributed by atoms with E-state index in [2.05, 4.69) is 20.7 Å². The Morgan fingerprint density at radius 2 is 1.97 bits per heavy atom. The molecular formula is C21H25N5O4. The second-order valence-electron chi connectivity index (χ2n) is 6.28. The number of nitrogens with zero attached hydrogens (tertiary/aromatic N) is 3. The van der Waals surface area contributed by atoms with Crippen molar-refractivity contribution in [1.29, 1.82) is 0 Å². The number of anilines is 1. The smallest absolute Gasteiger partial charge is 0.319 e. The van der Waals surface area contributed by atoms with Gasteiger partial charge in [-0.1, -0.05) is 18.2 Å². The van der Waals surface area contributed by atoms with Crippen molar-refractivity contribution in [1.82, 2.24) is 20.1 Å². The second-order valence-corrected chi connectivity index (χ2v) is 6.28. The van der Waals surface area contributed by atoms with Crippen molar-refractivity contribution >= 4 is 11.7 Å². The number of pyridine rings is 1. The number of carbonyl (C=O) groups excluding carboxylic acids is 1. The summed E-state index contributed by atoms with van der Waals surface area (Å²) in [5.74, 6) is 1.71. The average Bonchev–Trinajstić information content (AvgIpc) is 3.20. The van der Waals surface area contributed by atoms with Crippen molar-refractivity contribution in [2.24, 2.45) is 0 Å². The van der Waals surface area contributed by atoms with Gasteiger partial charge in [0.2, 0.25) is 5.88 Å². The first-order valence-corrected chi connectivity index (χ1v) is 9.58. The largest absolute Gasteiger partial charge is 0.490 e. The van der Waals surface area contributed by atoms with E-state index >= 15 is 0 Å². The molecule has 3 aromatic rings. The molecule has 0 fully saturated rings. The average molecular weight is 411 g/mol. The van der Waals surface area contributed by atoms with Crippen molar-refractivity contribution in [3.8, 4) is 17.4 Å².